The number of aryl methyl sites for hydroxylation is 3. The molecule has 0 aliphatic carbocycles. The molecule has 0 fully saturated rings. The zero-order valence-corrected chi connectivity index (χ0v) is 23.6. The van der Waals surface area contributed by atoms with E-state index in [9.17, 15) is 0 Å². The summed E-state index contributed by atoms with van der Waals surface area (Å²) < 4.78 is 0. The third-order valence-electron chi connectivity index (χ3n) is 8.82. The Bertz CT molecular complexity index is 1970. The number of hydrogen-bond donors (Lipinski definition) is 0. The minimum Gasteiger partial charge on any atom is -0.311 e. The summed E-state index contributed by atoms with van der Waals surface area (Å²) in [6.07, 6.45) is 0. The predicted molar refractivity (Wildman–Crippen MR) is 176 cm³/mol. The molecule has 0 saturated heterocycles. The highest BCUT2D eigenvalue weighted by Gasteiger charge is 2.42. The Kier molecular flexibility index (Phi) is 5.34. The quantitative estimate of drug-likeness (QED) is 0.211. The second-order valence-corrected chi connectivity index (χ2v) is 11.7. The summed E-state index contributed by atoms with van der Waals surface area (Å²) in [4.78, 5) is 2.51. The first-order valence-corrected chi connectivity index (χ1v) is 14.5. The lowest BCUT2D eigenvalue weighted by atomic mass is 9.37. The van der Waals surface area contributed by atoms with Crippen LogP contribution in [0.4, 0.5) is 17.1 Å². The maximum absolute atomic E-state index is 2.51. The zero-order valence-electron chi connectivity index (χ0n) is 23.6. The maximum atomic E-state index is 2.51. The molecule has 0 N–H and O–H groups in total. The Balaban J connectivity index is 1.39. The molecule has 41 heavy (non-hydrogen) atoms. The van der Waals surface area contributed by atoms with Crippen molar-refractivity contribution < 1.29 is 0 Å². The lowest BCUT2D eigenvalue weighted by molar-refractivity contribution is 1.27. The molecule has 0 radical (unpaired) electrons. The Morgan fingerprint density at radius 3 is 1.85 bits per heavy atom. The SMILES string of the molecule is Cc1cccc(N2c3cc(C)ccc3B3c4ccc(C)cc4-c4cc(-c5ccc(-c6ccccc6)cc5)cc2c43)c1. The molecule has 8 rings (SSSR count). The minimum atomic E-state index is 0.238. The van der Waals surface area contributed by atoms with Crippen LogP contribution in [0.2, 0.25) is 0 Å². The topological polar surface area (TPSA) is 3.24 Å². The average molecular weight is 523 g/mol. The van der Waals surface area contributed by atoms with Crippen molar-refractivity contribution in [1.82, 2.24) is 0 Å². The Hall–Kier alpha value is -4.82. The molecular formula is C39H30BN. The fourth-order valence-corrected chi connectivity index (χ4v) is 6.90. The molecule has 194 valence electrons. The van der Waals surface area contributed by atoms with Crippen molar-refractivity contribution in [2.45, 2.75) is 20.8 Å². The molecule has 0 unspecified atom stereocenters. The summed E-state index contributed by atoms with van der Waals surface area (Å²) in [6, 6.07) is 47.5. The molecule has 0 amide bonds. The van der Waals surface area contributed by atoms with Crippen LogP contribution >= 0.6 is 0 Å². The van der Waals surface area contributed by atoms with Gasteiger partial charge in [-0.1, -0.05) is 108 Å². The fraction of sp³-hybridized carbons (Fsp3) is 0.0769. The van der Waals surface area contributed by atoms with E-state index in [1.165, 1.54) is 83.5 Å². The van der Waals surface area contributed by atoms with Crippen LogP contribution in [-0.4, -0.2) is 6.71 Å². The number of rotatable bonds is 3. The molecule has 0 bridgehead atoms. The van der Waals surface area contributed by atoms with E-state index >= 15 is 0 Å². The van der Waals surface area contributed by atoms with E-state index in [2.05, 4.69) is 153 Å². The molecular weight excluding hydrogens is 493 g/mol. The summed E-state index contributed by atoms with van der Waals surface area (Å²) in [5, 5.41) is 0. The van der Waals surface area contributed by atoms with Gasteiger partial charge in [0.1, 0.15) is 0 Å². The lowest BCUT2D eigenvalue weighted by Crippen LogP contribution is -2.54. The van der Waals surface area contributed by atoms with Crippen molar-refractivity contribution in [3.63, 3.8) is 0 Å². The van der Waals surface area contributed by atoms with Crippen LogP contribution in [0, 0.1) is 20.8 Å². The van der Waals surface area contributed by atoms with Crippen LogP contribution in [0.5, 0.6) is 0 Å². The first kappa shape index (κ1) is 24.0. The van der Waals surface area contributed by atoms with Gasteiger partial charge in [0.25, 0.3) is 0 Å². The molecule has 6 aromatic carbocycles. The molecule has 6 aromatic rings. The van der Waals surface area contributed by atoms with Crippen molar-refractivity contribution in [2.24, 2.45) is 0 Å². The summed E-state index contributed by atoms with van der Waals surface area (Å²) in [5.41, 5.74) is 19.5. The Morgan fingerprint density at radius 2 is 1.10 bits per heavy atom. The molecule has 2 aliphatic rings. The van der Waals surface area contributed by atoms with Gasteiger partial charge < -0.3 is 4.90 Å². The minimum absolute atomic E-state index is 0.238. The number of hydrogen-bond acceptors (Lipinski definition) is 1. The van der Waals surface area contributed by atoms with Crippen LogP contribution in [0.15, 0.2) is 127 Å². The van der Waals surface area contributed by atoms with Crippen molar-refractivity contribution in [2.75, 3.05) is 4.90 Å². The van der Waals surface area contributed by atoms with Crippen molar-refractivity contribution in [3.8, 4) is 33.4 Å². The number of nitrogens with zero attached hydrogens (tertiary/aromatic N) is 1. The highest BCUT2D eigenvalue weighted by atomic mass is 15.2. The summed E-state index contributed by atoms with van der Waals surface area (Å²) in [5.74, 6) is 0. The van der Waals surface area contributed by atoms with Crippen molar-refractivity contribution >= 4 is 40.2 Å². The molecule has 2 heterocycles. The van der Waals surface area contributed by atoms with Crippen LogP contribution in [-0.2, 0) is 0 Å². The van der Waals surface area contributed by atoms with E-state index in [0.717, 1.165) is 0 Å². The summed E-state index contributed by atoms with van der Waals surface area (Å²) in [6.45, 7) is 6.82. The van der Waals surface area contributed by atoms with E-state index in [-0.39, 0.29) is 6.71 Å². The second-order valence-electron chi connectivity index (χ2n) is 11.7. The summed E-state index contributed by atoms with van der Waals surface area (Å²) >= 11 is 0. The smallest absolute Gasteiger partial charge is 0.248 e. The Labute approximate surface area is 242 Å². The molecule has 1 nitrogen and oxygen atoms in total. The van der Waals surface area contributed by atoms with Gasteiger partial charge in [-0.3, -0.25) is 0 Å². The third kappa shape index (κ3) is 3.78. The summed E-state index contributed by atoms with van der Waals surface area (Å²) in [7, 11) is 0. The van der Waals surface area contributed by atoms with E-state index in [1.807, 2.05) is 0 Å². The van der Waals surface area contributed by atoms with Gasteiger partial charge in [-0.25, -0.2) is 0 Å². The van der Waals surface area contributed by atoms with Gasteiger partial charge in [0.05, 0.1) is 0 Å². The standard InChI is InChI=1S/C39H30BN/c1-25-8-7-11-32(20-25)41-37-22-27(3)13-19-36(37)40-35-18-12-26(2)21-33(35)34-23-31(24-38(41)39(34)40)30-16-14-29(15-17-30)28-9-5-4-6-10-28/h4-24H,1-3H3. The normalized spacial score (nSPS) is 12.7. The molecule has 2 aliphatic heterocycles. The van der Waals surface area contributed by atoms with Crippen LogP contribution in [0.3, 0.4) is 0 Å². The molecule has 2 heteroatoms. The van der Waals surface area contributed by atoms with E-state index < -0.39 is 0 Å². The van der Waals surface area contributed by atoms with E-state index in [1.54, 1.807) is 0 Å². The van der Waals surface area contributed by atoms with Gasteiger partial charge >= 0.3 is 0 Å². The molecule has 0 aromatic heterocycles. The number of anilines is 3. The van der Waals surface area contributed by atoms with Gasteiger partial charge in [0.2, 0.25) is 6.71 Å². The lowest BCUT2D eigenvalue weighted by Gasteiger charge is -2.36. The third-order valence-corrected chi connectivity index (χ3v) is 8.82. The van der Waals surface area contributed by atoms with Crippen molar-refractivity contribution in [1.29, 1.82) is 0 Å². The highest BCUT2D eigenvalue weighted by Crippen LogP contribution is 2.43. The van der Waals surface area contributed by atoms with Crippen molar-refractivity contribution in [3.05, 3.63) is 144 Å². The van der Waals surface area contributed by atoms with Crippen LogP contribution in [0.25, 0.3) is 33.4 Å². The van der Waals surface area contributed by atoms with E-state index in [0.29, 0.717) is 0 Å². The van der Waals surface area contributed by atoms with E-state index in [4.69, 9.17) is 0 Å². The van der Waals surface area contributed by atoms with Gasteiger partial charge in [0.15, 0.2) is 0 Å². The Morgan fingerprint density at radius 1 is 0.439 bits per heavy atom. The highest BCUT2D eigenvalue weighted by molar-refractivity contribution is 7.01. The average Bonchev–Trinajstić information content (AvgIpc) is 3.32. The number of benzene rings is 6. The van der Waals surface area contributed by atoms with Gasteiger partial charge in [-0.15, -0.1) is 0 Å². The second kappa shape index (κ2) is 9.11. The first-order chi connectivity index (χ1) is 20.0. The molecule has 0 saturated carbocycles. The van der Waals surface area contributed by atoms with Gasteiger partial charge in [-0.05, 0) is 107 Å². The van der Waals surface area contributed by atoms with Crippen LogP contribution < -0.4 is 21.3 Å². The van der Waals surface area contributed by atoms with Gasteiger partial charge in [-0.2, -0.15) is 0 Å². The maximum Gasteiger partial charge on any atom is 0.248 e. The zero-order chi connectivity index (χ0) is 27.7. The molecule has 0 spiro atoms. The predicted octanol–water partition coefficient (Wildman–Crippen LogP) is 8.23. The van der Waals surface area contributed by atoms with Gasteiger partial charge in [0, 0.05) is 17.1 Å². The monoisotopic (exact) mass is 523 g/mol. The fourth-order valence-electron chi connectivity index (χ4n) is 6.90. The first-order valence-electron chi connectivity index (χ1n) is 14.5. The largest absolute Gasteiger partial charge is 0.311 e. The van der Waals surface area contributed by atoms with Crippen LogP contribution in [0.1, 0.15) is 16.7 Å². The number of fused-ring (bicyclic) bond motifs is 5. The molecule has 0 atom stereocenters.